The zero-order valence-electron chi connectivity index (χ0n) is 18.8. The van der Waals surface area contributed by atoms with E-state index >= 15 is 0 Å². The predicted molar refractivity (Wildman–Crippen MR) is 127 cm³/mol. The number of anilines is 1. The number of carbonyl (C=O) groups is 2. The first-order valence-electron chi connectivity index (χ1n) is 10.5. The summed E-state index contributed by atoms with van der Waals surface area (Å²) in [5, 5.41) is 5.57. The second-order valence-corrected chi connectivity index (χ2v) is 9.59. The number of amidine groups is 1. The molecule has 2 aliphatic rings. The van der Waals surface area contributed by atoms with Gasteiger partial charge in [0.1, 0.15) is 16.3 Å². The molecule has 1 aliphatic heterocycles. The maximum Gasteiger partial charge on any atom is 0.275 e. The second-order valence-electron chi connectivity index (χ2n) is 8.24. The van der Waals surface area contributed by atoms with Crippen molar-refractivity contribution in [1.29, 1.82) is 0 Å². The Balaban J connectivity index is 1.57. The third kappa shape index (κ3) is 4.05. The smallest absolute Gasteiger partial charge is 0.275 e. The second kappa shape index (κ2) is 8.61. The van der Waals surface area contributed by atoms with Crippen LogP contribution in [0.1, 0.15) is 36.3 Å². The van der Waals surface area contributed by atoms with Crippen molar-refractivity contribution in [2.24, 2.45) is 16.6 Å². The summed E-state index contributed by atoms with van der Waals surface area (Å²) < 4.78 is 19.5. The highest BCUT2D eigenvalue weighted by Crippen LogP contribution is 2.66. The number of hydrogen-bond acceptors (Lipinski definition) is 8. The van der Waals surface area contributed by atoms with Crippen molar-refractivity contribution >= 4 is 34.4 Å². The minimum atomic E-state index is -1.07. The van der Waals surface area contributed by atoms with Crippen LogP contribution in [0.2, 0.25) is 0 Å². The molecule has 2 heterocycles. The third-order valence-electron chi connectivity index (χ3n) is 5.99. The Morgan fingerprint density at radius 1 is 1.38 bits per heavy atom. The Hall–Kier alpha value is -3.65. The summed E-state index contributed by atoms with van der Waals surface area (Å²) in [4.78, 5) is 37.8. The zero-order chi connectivity index (χ0) is 24.7. The highest BCUT2D eigenvalue weighted by molar-refractivity contribution is 8.15. The van der Waals surface area contributed by atoms with Gasteiger partial charge >= 0.3 is 0 Å². The number of nitrogens with zero attached hydrogens (tertiary/aromatic N) is 3. The molecule has 4 N–H and O–H groups in total. The van der Waals surface area contributed by atoms with E-state index in [9.17, 15) is 14.0 Å². The Kier molecular flexibility index (Phi) is 5.95. The molecular weight excluding hydrogens is 459 g/mol. The van der Waals surface area contributed by atoms with Crippen molar-refractivity contribution < 1.29 is 18.7 Å². The van der Waals surface area contributed by atoms with Crippen molar-refractivity contribution in [3.8, 4) is 18.2 Å². The molecule has 9 nitrogen and oxygen atoms in total. The summed E-state index contributed by atoms with van der Waals surface area (Å²) in [7, 11) is 1.56. The highest BCUT2D eigenvalue weighted by atomic mass is 32.2. The van der Waals surface area contributed by atoms with E-state index < -0.39 is 28.1 Å². The normalized spacial score (nSPS) is 25.7. The molecule has 0 radical (unpaired) electrons. The third-order valence-corrected chi connectivity index (χ3v) is 7.29. The topological polar surface area (TPSA) is 132 Å². The first-order valence-corrected chi connectivity index (χ1v) is 11.3. The van der Waals surface area contributed by atoms with E-state index in [-0.39, 0.29) is 34.1 Å². The fourth-order valence-corrected chi connectivity index (χ4v) is 5.60. The maximum absolute atomic E-state index is 15.0. The molecule has 4 atom stereocenters. The minimum Gasteiger partial charge on any atom is -0.460 e. The van der Waals surface area contributed by atoms with Gasteiger partial charge in [-0.25, -0.2) is 14.4 Å². The van der Waals surface area contributed by atoms with E-state index in [1.54, 1.807) is 20.9 Å². The van der Waals surface area contributed by atoms with Crippen LogP contribution in [0.25, 0.3) is 0 Å². The Bertz CT molecular complexity index is 1230. The number of rotatable bonds is 6. The molecule has 1 unspecified atom stereocenters. The van der Waals surface area contributed by atoms with Crippen LogP contribution in [-0.4, -0.2) is 44.8 Å². The fraction of sp³-hybridized carbons (Fsp3) is 0.348. The zero-order valence-corrected chi connectivity index (χ0v) is 19.6. The number of carbonyl (C=O) groups excluding carboxylic acids is 2. The van der Waals surface area contributed by atoms with Gasteiger partial charge in [-0.1, -0.05) is 17.7 Å². The number of terminal acetylenes is 1. The monoisotopic (exact) mass is 482 g/mol. The molecule has 176 valence electrons. The molecule has 2 aromatic rings. The molecule has 4 rings (SSSR count). The van der Waals surface area contributed by atoms with Crippen molar-refractivity contribution in [2.75, 3.05) is 12.4 Å². The Morgan fingerprint density at radius 3 is 2.79 bits per heavy atom. The van der Waals surface area contributed by atoms with Crippen LogP contribution in [0.4, 0.5) is 10.1 Å². The predicted octanol–water partition coefficient (Wildman–Crippen LogP) is 2.05. The van der Waals surface area contributed by atoms with Crippen molar-refractivity contribution in [1.82, 2.24) is 15.3 Å². The summed E-state index contributed by atoms with van der Waals surface area (Å²) in [6.45, 7) is 3.43. The van der Waals surface area contributed by atoms with Crippen LogP contribution in [0, 0.1) is 24.1 Å². The lowest BCUT2D eigenvalue weighted by atomic mass is 9.85. The molecule has 1 aliphatic carbocycles. The molecule has 1 aromatic heterocycles. The van der Waals surface area contributed by atoms with Gasteiger partial charge in [0.25, 0.3) is 5.91 Å². The molecule has 11 heteroatoms. The van der Waals surface area contributed by atoms with E-state index in [0.29, 0.717) is 12.1 Å². The molecule has 0 spiro atoms. The number of aromatic nitrogens is 2. The van der Waals surface area contributed by atoms with Crippen molar-refractivity contribution in [3.63, 3.8) is 0 Å². The van der Waals surface area contributed by atoms with Crippen LogP contribution < -0.4 is 21.1 Å². The summed E-state index contributed by atoms with van der Waals surface area (Å²) in [6, 6.07) is 4.19. The standard InChI is InChI=1S/C23H23FN6O3S/c1-5-12(2)33-18-11-27-16(10-28-18)19(31)29-13-6-7-15(24)14(8-13)22(3)17-9-23(17,20(32)26-4)34-21(25)30-22/h1,6-8,10-12,17H,9H2,2-4H3,(H2,25,30)(H,26,32)(H,29,31)/t12-,17?,22+,23-/m0/s1. The molecule has 0 bridgehead atoms. The molecular formula is C23H23FN6O3S. The van der Waals surface area contributed by atoms with E-state index in [4.69, 9.17) is 16.9 Å². The average molecular weight is 483 g/mol. The van der Waals surface area contributed by atoms with E-state index in [2.05, 4.69) is 31.5 Å². The van der Waals surface area contributed by atoms with E-state index in [0.717, 1.165) is 0 Å². The molecule has 1 saturated carbocycles. The molecule has 0 saturated heterocycles. The molecule has 1 fully saturated rings. The Morgan fingerprint density at radius 2 is 2.15 bits per heavy atom. The van der Waals surface area contributed by atoms with Gasteiger partial charge < -0.3 is 21.1 Å². The number of nitrogens with one attached hydrogen (secondary N) is 2. The van der Waals surface area contributed by atoms with Crippen LogP contribution in [0.5, 0.6) is 5.88 Å². The first kappa shape index (κ1) is 23.5. The van der Waals surface area contributed by atoms with Gasteiger partial charge in [-0.3, -0.25) is 14.6 Å². The molecule has 1 aromatic carbocycles. The maximum atomic E-state index is 15.0. The van der Waals surface area contributed by atoms with Gasteiger partial charge in [0.05, 0.1) is 17.9 Å². The number of thioether (sulfide) groups is 1. The lowest BCUT2D eigenvalue weighted by molar-refractivity contribution is -0.121. The number of fused-ring (bicyclic) bond motifs is 1. The van der Waals surface area contributed by atoms with Gasteiger partial charge in [0.15, 0.2) is 11.3 Å². The van der Waals surface area contributed by atoms with Gasteiger partial charge in [-0.05, 0) is 38.5 Å². The van der Waals surface area contributed by atoms with Crippen LogP contribution >= 0.6 is 11.8 Å². The highest BCUT2D eigenvalue weighted by Gasteiger charge is 2.70. The SMILES string of the molecule is C#C[C@H](C)Oc1cnc(C(=O)Nc2ccc(F)c([C@@]3(C)N=C(N)S[C@@]4(C(=O)NC)CC43)c2)cn1. The number of halogens is 1. The van der Waals surface area contributed by atoms with Crippen molar-refractivity contribution in [3.05, 3.63) is 47.7 Å². The average Bonchev–Trinajstić information content (AvgIpc) is 3.56. The Labute approximate surface area is 200 Å². The number of benzene rings is 1. The quantitative estimate of drug-likeness (QED) is 0.537. The van der Waals surface area contributed by atoms with Crippen LogP contribution in [0.15, 0.2) is 35.6 Å². The lowest BCUT2D eigenvalue weighted by Crippen LogP contribution is -2.43. The fourth-order valence-electron chi connectivity index (χ4n) is 4.18. The lowest BCUT2D eigenvalue weighted by Gasteiger charge is -2.33. The van der Waals surface area contributed by atoms with E-state index in [1.807, 2.05) is 0 Å². The van der Waals surface area contributed by atoms with Gasteiger partial charge in [-0.15, -0.1) is 6.42 Å². The van der Waals surface area contributed by atoms with E-state index in [1.165, 1.54) is 42.4 Å². The summed E-state index contributed by atoms with van der Waals surface area (Å²) in [5.74, 6) is 1.13. The summed E-state index contributed by atoms with van der Waals surface area (Å²) in [5.41, 5.74) is 5.58. The number of aliphatic imine (C=N–C) groups is 1. The first-order chi connectivity index (χ1) is 16.1. The minimum absolute atomic E-state index is 0.0370. The number of amides is 2. The van der Waals surface area contributed by atoms with Crippen molar-refractivity contribution in [2.45, 2.75) is 36.7 Å². The summed E-state index contributed by atoms with van der Waals surface area (Å²) >= 11 is 1.20. The van der Waals surface area contributed by atoms with Gasteiger partial charge in [0.2, 0.25) is 11.8 Å². The van der Waals surface area contributed by atoms with Crippen LogP contribution in [0.3, 0.4) is 0 Å². The van der Waals surface area contributed by atoms with Gasteiger partial charge in [0, 0.05) is 24.2 Å². The number of nitrogens with two attached hydrogens (primary N) is 1. The summed E-state index contributed by atoms with van der Waals surface area (Å²) in [6.07, 6.45) is 7.84. The number of ether oxygens (including phenoxy) is 1. The van der Waals surface area contributed by atoms with Gasteiger partial charge in [-0.2, -0.15) is 0 Å². The molecule has 34 heavy (non-hydrogen) atoms. The number of hydrogen-bond donors (Lipinski definition) is 3. The largest absolute Gasteiger partial charge is 0.460 e. The molecule has 2 amide bonds. The van der Waals surface area contributed by atoms with Crippen LogP contribution in [-0.2, 0) is 10.3 Å².